The van der Waals surface area contributed by atoms with Gasteiger partial charge < -0.3 is 4.74 Å². The van der Waals surface area contributed by atoms with E-state index in [-0.39, 0.29) is 24.7 Å². The third-order valence-corrected chi connectivity index (χ3v) is 5.12. The number of ether oxygens (including phenoxy) is 1. The molecule has 3 aromatic rings. The summed E-state index contributed by atoms with van der Waals surface area (Å²) in [7, 11) is 1.55. The minimum atomic E-state index is -0.303. The second-order valence-electron chi connectivity index (χ2n) is 6.71. The zero-order valence-corrected chi connectivity index (χ0v) is 17.6. The van der Waals surface area contributed by atoms with E-state index >= 15 is 0 Å². The lowest BCUT2D eigenvalue weighted by atomic mass is 10.0. The number of fused-ring (bicyclic) bond motifs is 1. The number of aromatic nitrogens is 2. The summed E-state index contributed by atoms with van der Waals surface area (Å²) < 4.78 is 6.63. The lowest BCUT2D eigenvalue weighted by Crippen LogP contribution is -2.39. The number of anilines is 1. The Morgan fingerprint density at radius 1 is 1.17 bits per heavy atom. The Kier molecular flexibility index (Phi) is 6.67. The Labute approximate surface area is 174 Å². The molecule has 0 aliphatic carbocycles. The number of hydrogen-bond donors (Lipinski definition) is 0. The third-order valence-electron chi connectivity index (χ3n) is 4.89. The Balaban J connectivity index is 2.01. The minimum Gasteiger partial charge on any atom is -0.364 e. The number of methoxy groups -OCH3 is 1. The molecule has 1 amide bonds. The van der Waals surface area contributed by atoms with E-state index in [4.69, 9.17) is 16.3 Å². The first-order valence-corrected chi connectivity index (χ1v) is 9.92. The van der Waals surface area contributed by atoms with Crippen molar-refractivity contribution in [1.29, 1.82) is 0 Å². The van der Waals surface area contributed by atoms with Crippen molar-refractivity contribution in [3.63, 3.8) is 0 Å². The van der Waals surface area contributed by atoms with Gasteiger partial charge in [-0.2, -0.15) is 0 Å². The SMILES string of the molecule is CCc1cccc(CC)c1N(COC)C(=O)Cn1cnc2ccc(Cl)cc2c1=O. The highest BCUT2D eigenvalue weighted by Crippen LogP contribution is 2.27. The van der Waals surface area contributed by atoms with E-state index < -0.39 is 0 Å². The molecule has 0 atom stereocenters. The molecular formula is C22H24ClN3O3. The molecule has 0 unspecified atom stereocenters. The molecule has 0 fully saturated rings. The van der Waals surface area contributed by atoms with Crippen LogP contribution in [0.25, 0.3) is 10.9 Å². The zero-order valence-electron chi connectivity index (χ0n) is 16.8. The maximum atomic E-state index is 13.2. The number of halogens is 1. The zero-order chi connectivity index (χ0) is 21.0. The van der Waals surface area contributed by atoms with Crippen molar-refractivity contribution in [1.82, 2.24) is 9.55 Å². The average molecular weight is 414 g/mol. The molecule has 0 spiro atoms. The number of rotatable bonds is 7. The first-order valence-electron chi connectivity index (χ1n) is 9.54. The van der Waals surface area contributed by atoms with Crippen molar-refractivity contribution in [2.24, 2.45) is 0 Å². The Morgan fingerprint density at radius 2 is 1.86 bits per heavy atom. The van der Waals surface area contributed by atoms with E-state index in [0.29, 0.717) is 15.9 Å². The van der Waals surface area contributed by atoms with Gasteiger partial charge in [0.05, 0.1) is 22.9 Å². The highest BCUT2D eigenvalue weighted by Gasteiger charge is 2.22. The van der Waals surface area contributed by atoms with Gasteiger partial charge in [0.2, 0.25) is 5.91 Å². The number of aryl methyl sites for hydroxylation is 2. The van der Waals surface area contributed by atoms with E-state index in [9.17, 15) is 9.59 Å². The summed E-state index contributed by atoms with van der Waals surface area (Å²) in [4.78, 5) is 32.0. The Hall–Kier alpha value is -2.70. The van der Waals surface area contributed by atoms with Gasteiger partial charge in [-0.3, -0.25) is 19.1 Å². The van der Waals surface area contributed by atoms with Gasteiger partial charge in [-0.05, 0) is 42.2 Å². The second-order valence-corrected chi connectivity index (χ2v) is 7.15. The van der Waals surface area contributed by atoms with Crippen molar-refractivity contribution in [3.8, 4) is 0 Å². The molecule has 29 heavy (non-hydrogen) atoms. The molecule has 0 aliphatic heterocycles. The molecule has 0 N–H and O–H groups in total. The Bertz CT molecular complexity index is 1070. The van der Waals surface area contributed by atoms with Crippen LogP contribution in [-0.4, -0.2) is 29.3 Å². The summed E-state index contributed by atoms with van der Waals surface area (Å²) in [5.74, 6) is -0.243. The smallest absolute Gasteiger partial charge is 0.261 e. The van der Waals surface area contributed by atoms with Gasteiger partial charge in [-0.1, -0.05) is 43.6 Å². The molecule has 6 nitrogen and oxygen atoms in total. The van der Waals surface area contributed by atoms with Crippen molar-refractivity contribution < 1.29 is 9.53 Å². The monoisotopic (exact) mass is 413 g/mol. The first kappa shape index (κ1) is 21.0. The van der Waals surface area contributed by atoms with Crippen LogP contribution >= 0.6 is 11.6 Å². The third kappa shape index (κ3) is 4.33. The van der Waals surface area contributed by atoms with Crippen molar-refractivity contribution in [3.05, 3.63) is 69.2 Å². The van der Waals surface area contributed by atoms with Crippen LogP contribution in [0, 0.1) is 0 Å². The lowest BCUT2D eigenvalue weighted by molar-refractivity contribution is -0.120. The molecule has 1 aromatic heterocycles. The van der Waals surface area contributed by atoms with Gasteiger partial charge in [0, 0.05) is 12.1 Å². The number of para-hydroxylation sites is 1. The Morgan fingerprint density at radius 3 is 2.48 bits per heavy atom. The fourth-order valence-corrected chi connectivity index (χ4v) is 3.60. The fourth-order valence-electron chi connectivity index (χ4n) is 3.43. The van der Waals surface area contributed by atoms with E-state index in [1.165, 1.54) is 10.9 Å². The quantitative estimate of drug-likeness (QED) is 0.552. The summed E-state index contributed by atoms with van der Waals surface area (Å²) in [6, 6.07) is 11.0. The van der Waals surface area contributed by atoms with E-state index in [0.717, 1.165) is 29.7 Å². The van der Waals surface area contributed by atoms with Crippen LogP contribution in [0.5, 0.6) is 0 Å². The molecule has 0 radical (unpaired) electrons. The summed E-state index contributed by atoms with van der Waals surface area (Å²) >= 11 is 6.02. The molecule has 1 heterocycles. The molecular weight excluding hydrogens is 390 g/mol. The van der Waals surface area contributed by atoms with Gasteiger partial charge in [0.1, 0.15) is 13.3 Å². The molecule has 0 aliphatic rings. The van der Waals surface area contributed by atoms with Gasteiger partial charge in [-0.15, -0.1) is 0 Å². The van der Waals surface area contributed by atoms with Gasteiger partial charge in [0.15, 0.2) is 0 Å². The predicted octanol–water partition coefficient (Wildman–Crippen LogP) is 3.81. The minimum absolute atomic E-state index is 0.102. The van der Waals surface area contributed by atoms with Crippen LogP contribution in [0.4, 0.5) is 5.69 Å². The number of benzene rings is 2. The number of carbonyl (C=O) groups is 1. The van der Waals surface area contributed by atoms with Crippen LogP contribution in [0.15, 0.2) is 47.5 Å². The molecule has 2 aromatic carbocycles. The van der Waals surface area contributed by atoms with E-state index in [1.54, 1.807) is 30.2 Å². The van der Waals surface area contributed by atoms with Crippen LogP contribution in [-0.2, 0) is 28.9 Å². The number of nitrogens with zero attached hydrogens (tertiary/aromatic N) is 3. The van der Waals surface area contributed by atoms with Gasteiger partial charge in [-0.25, -0.2) is 4.98 Å². The second kappa shape index (κ2) is 9.20. The summed E-state index contributed by atoms with van der Waals surface area (Å²) in [5.41, 5.74) is 3.22. The van der Waals surface area contributed by atoms with Gasteiger partial charge in [0.25, 0.3) is 5.56 Å². The van der Waals surface area contributed by atoms with Crippen LogP contribution in [0.2, 0.25) is 5.02 Å². The van der Waals surface area contributed by atoms with Crippen LogP contribution < -0.4 is 10.5 Å². The first-order chi connectivity index (χ1) is 14.0. The standard InChI is InChI=1S/C22H24ClN3O3/c1-4-15-7-6-8-16(5-2)21(15)26(14-29-3)20(27)12-25-13-24-19-10-9-17(23)11-18(19)22(25)28/h6-11,13H,4-5,12,14H2,1-3H3. The highest BCUT2D eigenvalue weighted by molar-refractivity contribution is 6.31. The summed E-state index contributed by atoms with van der Waals surface area (Å²) in [6.45, 7) is 4.06. The lowest BCUT2D eigenvalue weighted by Gasteiger charge is -2.27. The topological polar surface area (TPSA) is 64.4 Å². The normalized spacial score (nSPS) is 11.0. The molecule has 3 rings (SSSR count). The molecule has 0 saturated heterocycles. The maximum Gasteiger partial charge on any atom is 0.261 e. The number of carbonyl (C=O) groups excluding carboxylic acids is 1. The largest absolute Gasteiger partial charge is 0.364 e. The van der Waals surface area contributed by atoms with Gasteiger partial charge >= 0.3 is 0 Å². The molecule has 152 valence electrons. The van der Waals surface area contributed by atoms with Crippen LogP contribution in [0.1, 0.15) is 25.0 Å². The average Bonchev–Trinajstić information content (AvgIpc) is 2.73. The fraction of sp³-hybridized carbons (Fsp3) is 0.318. The predicted molar refractivity (Wildman–Crippen MR) is 116 cm³/mol. The number of amides is 1. The molecule has 0 saturated carbocycles. The van der Waals surface area contributed by atoms with Crippen molar-refractivity contribution in [2.45, 2.75) is 33.2 Å². The summed E-state index contributed by atoms with van der Waals surface area (Å²) in [6.07, 6.45) is 2.97. The highest BCUT2D eigenvalue weighted by atomic mass is 35.5. The summed E-state index contributed by atoms with van der Waals surface area (Å²) in [5, 5.41) is 0.834. The van der Waals surface area contributed by atoms with E-state index in [2.05, 4.69) is 18.8 Å². The van der Waals surface area contributed by atoms with E-state index in [1.807, 2.05) is 18.2 Å². The van der Waals surface area contributed by atoms with Crippen molar-refractivity contribution in [2.75, 3.05) is 18.7 Å². The number of hydrogen-bond acceptors (Lipinski definition) is 4. The molecule has 7 heteroatoms. The van der Waals surface area contributed by atoms with Crippen molar-refractivity contribution >= 4 is 34.1 Å². The maximum absolute atomic E-state index is 13.2. The van der Waals surface area contributed by atoms with Crippen LogP contribution in [0.3, 0.4) is 0 Å². The molecule has 0 bridgehead atoms.